The van der Waals surface area contributed by atoms with Crippen molar-refractivity contribution in [3.8, 4) is 0 Å². The lowest BCUT2D eigenvalue weighted by atomic mass is 10.3. The molecule has 1 aromatic carbocycles. The van der Waals surface area contributed by atoms with Crippen molar-refractivity contribution in [2.75, 3.05) is 23.4 Å². The average Bonchev–Trinajstić information content (AvgIpc) is 2.32. The molecule has 0 saturated heterocycles. The summed E-state index contributed by atoms with van der Waals surface area (Å²) < 4.78 is 22.6. The Hall–Kier alpha value is -1.05. The third kappa shape index (κ3) is 4.52. The fourth-order valence-corrected chi connectivity index (χ4v) is 2.62. The van der Waals surface area contributed by atoms with E-state index in [1.165, 1.54) is 0 Å². The lowest BCUT2D eigenvalue weighted by Gasteiger charge is -2.10. The normalized spacial score (nSPS) is 11.3. The first-order valence-electron chi connectivity index (χ1n) is 5.34. The molecule has 0 heterocycles. The lowest BCUT2D eigenvalue weighted by Crippen LogP contribution is -2.17. The molecular formula is C10H12Cl2N2O4S. The number of anilines is 1. The molecule has 0 bridgehead atoms. The summed E-state index contributed by atoms with van der Waals surface area (Å²) in [6.45, 7) is 1.69. The van der Waals surface area contributed by atoms with Crippen LogP contribution in [0.1, 0.15) is 6.92 Å². The van der Waals surface area contributed by atoms with E-state index in [1.54, 1.807) is 6.92 Å². The van der Waals surface area contributed by atoms with Gasteiger partial charge in [0.25, 0.3) is 5.69 Å². The van der Waals surface area contributed by atoms with Crippen LogP contribution in [0.15, 0.2) is 12.1 Å². The lowest BCUT2D eigenvalue weighted by molar-refractivity contribution is -0.384. The van der Waals surface area contributed by atoms with Gasteiger partial charge in [0.15, 0.2) is 9.84 Å². The predicted octanol–water partition coefficient (Wildman–Crippen LogP) is 2.75. The standard InChI is InChI=1S/C10H12Cl2N2O4S/c1-2-19(17,18)4-3-13-10-8(11)5-7(14(15)16)6-9(10)12/h5-6,13H,2-4H2,1H3. The van der Waals surface area contributed by atoms with Gasteiger partial charge in [-0.15, -0.1) is 0 Å². The SMILES string of the molecule is CCS(=O)(=O)CCNc1c(Cl)cc([N+](=O)[O-])cc1Cl. The molecule has 1 rings (SSSR count). The molecule has 9 heteroatoms. The number of rotatable bonds is 6. The van der Waals surface area contributed by atoms with Gasteiger partial charge >= 0.3 is 0 Å². The second-order valence-corrected chi connectivity index (χ2v) is 6.99. The Bertz CT molecular complexity index is 566. The zero-order valence-corrected chi connectivity index (χ0v) is 12.3. The Labute approximate surface area is 120 Å². The largest absolute Gasteiger partial charge is 0.382 e. The molecule has 0 fully saturated rings. The van der Waals surface area contributed by atoms with Crippen LogP contribution >= 0.6 is 23.2 Å². The van der Waals surface area contributed by atoms with E-state index in [0.29, 0.717) is 5.69 Å². The van der Waals surface area contributed by atoms with Crippen LogP contribution in [0.3, 0.4) is 0 Å². The van der Waals surface area contributed by atoms with Gasteiger partial charge in [0, 0.05) is 24.4 Å². The Morgan fingerprint density at radius 2 is 1.84 bits per heavy atom. The van der Waals surface area contributed by atoms with Crippen LogP contribution in [0.5, 0.6) is 0 Å². The van der Waals surface area contributed by atoms with Gasteiger partial charge in [-0.3, -0.25) is 10.1 Å². The first-order valence-corrected chi connectivity index (χ1v) is 7.92. The van der Waals surface area contributed by atoms with Gasteiger partial charge in [-0.2, -0.15) is 0 Å². The van der Waals surface area contributed by atoms with Crippen molar-refractivity contribution in [2.45, 2.75) is 6.92 Å². The summed E-state index contributed by atoms with van der Waals surface area (Å²) in [6.07, 6.45) is 0. The van der Waals surface area contributed by atoms with Crippen LogP contribution in [-0.2, 0) is 9.84 Å². The number of sulfone groups is 1. The molecule has 0 spiro atoms. The molecule has 1 N–H and O–H groups in total. The molecule has 0 aliphatic rings. The molecular weight excluding hydrogens is 315 g/mol. The van der Waals surface area contributed by atoms with Crippen molar-refractivity contribution in [3.05, 3.63) is 32.3 Å². The zero-order valence-electron chi connectivity index (χ0n) is 10.0. The van der Waals surface area contributed by atoms with Crippen LogP contribution in [0.4, 0.5) is 11.4 Å². The van der Waals surface area contributed by atoms with Gasteiger partial charge in [-0.25, -0.2) is 8.42 Å². The first-order chi connectivity index (χ1) is 8.76. The minimum atomic E-state index is -3.09. The number of hydrogen-bond acceptors (Lipinski definition) is 5. The second-order valence-electron chi connectivity index (χ2n) is 3.70. The average molecular weight is 327 g/mol. The minimum Gasteiger partial charge on any atom is -0.382 e. The quantitative estimate of drug-likeness (QED) is 0.641. The van der Waals surface area contributed by atoms with Gasteiger partial charge in [0.2, 0.25) is 0 Å². The first kappa shape index (κ1) is 16.0. The topological polar surface area (TPSA) is 89.3 Å². The van der Waals surface area contributed by atoms with Crippen molar-refractivity contribution in [3.63, 3.8) is 0 Å². The monoisotopic (exact) mass is 326 g/mol. The second kappa shape index (κ2) is 6.40. The van der Waals surface area contributed by atoms with E-state index >= 15 is 0 Å². The highest BCUT2D eigenvalue weighted by Crippen LogP contribution is 2.34. The molecule has 0 atom stereocenters. The highest BCUT2D eigenvalue weighted by atomic mass is 35.5. The zero-order chi connectivity index (χ0) is 14.6. The highest BCUT2D eigenvalue weighted by Gasteiger charge is 2.15. The Morgan fingerprint density at radius 3 is 2.26 bits per heavy atom. The molecule has 0 unspecified atom stereocenters. The van der Waals surface area contributed by atoms with Gasteiger partial charge < -0.3 is 5.32 Å². The summed E-state index contributed by atoms with van der Waals surface area (Å²) in [5.41, 5.74) is 0.0713. The molecule has 0 amide bonds. The summed E-state index contributed by atoms with van der Waals surface area (Å²) >= 11 is 11.7. The van der Waals surface area contributed by atoms with Crippen LogP contribution in [0, 0.1) is 10.1 Å². The van der Waals surface area contributed by atoms with E-state index in [0.717, 1.165) is 12.1 Å². The van der Waals surface area contributed by atoms with Crippen LogP contribution in [-0.4, -0.2) is 31.4 Å². The van der Waals surface area contributed by atoms with Gasteiger partial charge in [0.1, 0.15) is 0 Å². The fraction of sp³-hybridized carbons (Fsp3) is 0.400. The number of nitrogens with zero attached hydrogens (tertiary/aromatic N) is 1. The number of nitro groups is 1. The molecule has 106 valence electrons. The maximum atomic E-state index is 11.3. The Balaban J connectivity index is 2.83. The highest BCUT2D eigenvalue weighted by molar-refractivity contribution is 7.91. The van der Waals surface area contributed by atoms with Crippen LogP contribution in [0.2, 0.25) is 10.0 Å². The van der Waals surface area contributed by atoms with Crippen LogP contribution < -0.4 is 5.32 Å². The predicted molar refractivity (Wildman–Crippen MR) is 75.9 cm³/mol. The number of halogens is 2. The molecule has 6 nitrogen and oxygen atoms in total. The van der Waals surface area contributed by atoms with Crippen LogP contribution in [0.25, 0.3) is 0 Å². The van der Waals surface area contributed by atoms with E-state index in [9.17, 15) is 18.5 Å². The van der Waals surface area contributed by atoms with E-state index < -0.39 is 14.8 Å². The summed E-state index contributed by atoms with van der Waals surface area (Å²) in [5.74, 6) is -0.0104. The van der Waals surface area contributed by atoms with Crippen molar-refractivity contribution in [1.82, 2.24) is 0 Å². The van der Waals surface area contributed by atoms with E-state index in [2.05, 4.69) is 5.32 Å². The van der Waals surface area contributed by atoms with Gasteiger partial charge in [-0.05, 0) is 0 Å². The Morgan fingerprint density at radius 1 is 1.32 bits per heavy atom. The number of non-ortho nitro benzene ring substituents is 1. The maximum absolute atomic E-state index is 11.3. The summed E-state index contributed by atoms with van der Waals surface area (Å²) in [6, 6.07) is 2.31. The number of nitro benzene ring substituents is 1. The number of nitrogens with one attached hydrogen (secondary N) is 1. The molecule has 0 aliphatic heterocycles. The molecule has 0 saturated carbocycles. The van der Waals surface area contributed by atoms with Crippen molar-refractivity contribution >= 4 is 44.4 Å². The molecule has 0 radical (unpaired) electrons. The van der Waals surface area contributed by atoms with Gasteiger partial charge in [-0.1, -0.05) is 30.1 Å². The van der Waals surface area contributed by atoms with Crippen molar-refractivity contribution < 1.29 is 13.3 Å². The third-order valence-corrected chi connectivity index (χ3v) is 4.69. The molecule has 1 aromatic rings. The maximum Gasteiger partial charge on any atom is 0.272 e. The Kier molecular flexibility index (Phi) is 5.39. The molecule has 0 aliphatic carbocycles. The fourth-order valence-electron chi connectivity index (χ4n) is 1.31. The van der Waals surface area contributed by atoms with E-state index in [1.807, 2.05) is 0 Å². The number of hydrogen-bond donors (Lipinski definition) is 1. The summed E-state index contributed by atoms with van der Waals surface area (Å²) in [4.78, 5) is 9.98. The summed E-state index contributed by atoms with van der Waals surface area (Å²) in [7, 11) is -3.09. The van der Waals surface area contributed by atoms with Crippen molar-refractivity contribution in [2.24, 2.45) is 0 Å². The van der Waals surface area contributed by atoms with E-state index in [4.69, 9.17) is 23.2 Å². The van der Waals surface area contributed by atoms with Crippen molar-refractivity contribution in [1.29, 1.82) is 0 Å². The number of benzene rings is 1. The van der Waals surface area contributed by atoms with Gasteiger partial charge in [0.05, 0.1) is 26.4 Å². The minimum absolute atomic E-state index is 0.0520. The smallest absolute Gasteiger partial charge is 0.272 e. The third-order valence-electron chi connectivity index (χ3n) is 2.39. The van der Waals surface area contributed by atoms with E-state index in [-0.39, 0.29) is 33.8 Å². The summed E-state index contributed by atoms with van der Waals surface area (Å²) in [5, 5.41) is 13.5. The molecule has 0 aromatic heterocycles. The molecule has 19 heavy (non-hydrogen) atoms.